The van der Waals surface area contributed by atoms with Crippen LogP contribution in [0.1, 0.15) is 25.7 Å². The zero-order valence-electron chi connectivity index (χ0n) is 7.19. The Kier molecular flexibility index (Phi) is 2.28. The van der Waals surface area contributed by atoms with Gasteiger partial charge < -0.3 is 5.21 Å². The van der Waals surface area contributed by atoms with Gasteiger partial charge in [-0.2, -0.15) is 5.06 Å². The lowest BCUT2D eigenvalue weighted by molar-refractivity contribution is -0.134. The molecule has 0 saturated heterocycles. The molecular formula is C10H15NO. The number of hydrogen-bond acceptors (Lipinski definition) is 2. The van der Waals surface area contributed by atoms with Crippen LogP contribution in [0.2, 0.25) is 0 Å². The molecule has 0 heterocycles. The number of allylic oxidation sites excluding steroid dienone is 2. The molecule has 0 saturated carbocycles. The molecule has 0 fully saturated rings. The first-order valence-electron chi connectivity index (χ1n) is 4.68. The fourth-order valence-corrected chi connectivity index (χ4v) is 1.92. The third-order valence-electron chi connectivity index (χ3n) is 2.65. The van der Waals surface area contributed by atoms with Crippen molar-refractivity contribution in [3.63, 3.8) is 0 Å². The zero-order valence-corrected chi connectivity index (χ0v) is 7.19. The van der Waals surface area contributed by atoms with Gasteiger partial charge in [0.15, 0.2) is 0 Å². The second-order valence-corrected chi connectivity index (χ2v) is 3.53. The molecule has 1 N–H and O–H groups in total. The second kappa shape index (κ2) is 3.42. The van der Waals surface area contributed by atoms with Crippen LogP contribution in [0.15, 0.2) is 24.3 Å². The van der Waals surface area contributed by atoms with Crippen LogP contribution in [-0.2, 0) is 0 Å². The second-order valence-electron chi connectivity index (χ2n) is 3.53. The van der Waals surface area contributed by atoms with Crippen LogP contribution >= 0.6 is 0 Å². The summed E-state index contributed by atoms with van der Waals surface area (Å²) in [6.07, 6.45) is 12.9. The summed E-state index contributed by atoms with van der Waals surface area (Å²) in [5.74, 6) is 0. The Morgan fingerprint density at radius 1 is 1.00 bits per heavy atom. The van der Waals surface area contributed by atoms with Crippen LogP contribution in [0.4, 0.5) is 0 Å². The molecule has 0 bridgehead atoms. The van der Waals surface area contributed by atoms with E-state index < -0.39 is 0 Å². The molecule has 0 aromatic heterocycles. The Morgan fingerprint density at radius 2 is 1.50 bits per heavy atom. The van der Waals surface area contributed by atoms with E-state index in [1.165, 1.54) is 5.06 Å². The fraction of sp³-hybridized carbons (Fsp3) is 0.600. The van der Waals surface area contributed by atoms with E-state index in [4.69, 9.17) is 0 Å². The van der Waals surface area contributed by atoms with Crippen molar-refractivity contribution in [1.29, 1.82) is 0 Å². The highest BCUT2D eigenvalue weighted by atomic mass is 16.5. The van der Waals surface area contributed by atoms with E-state index in [-0.39, 0.29) is 12.1 Å². The quantitative estimate of drug-likeness (QED) is 0.500. The third kappa shape index (κ3) is 1.45. The number of rotatable bonds is 2. The van der Waals surface area contributed by atoms with Gasteiger partial charge in [-0.05, 0) is 25.7 Å². The van der Waals surface area contributed by atoms with Gasteiger partial charge in [-0.3, -0.25) is 0 Å². The predicted molar refractivity (Wildman–Crippen MR) is 47.9 cm³/mol. The van der Waals surface area contributed by atoms with Crippen molar-refractivity contribution in [3.8, 4) is 0 Å². The van der Waals surface area contributed by atoms with E-state index in [1.807, 2.05) is 0 Å². The van der Waals surface area contributed by atoms with Gasteiger partial charge in [-0.1, -0.05) is 24.3 Å². The monoisotopic (exact) mass is 165 g/mol. The van der Waals surface area contributed by atoms with Crippen molar-refractivity contribution < 1.29 is 5.21 Å². The zero-order chi connectivity index (χ0) is 8.39. The van der Waals surface area contributed by atoms with Crippen molar-refractivity contribution >= 4 is 0 Å². The first-order chi connectivity index (χ1) is 5.88. The van der Waals surface area contributed by atoms with Crippen molar-refractivity contribution in [2.24, 2.45) is 0 Å². The van der Waals surface area contributed by atoms with E-state index in [9.17, 15) is 5.21 Å². The predicted octanol–water partition coefficient (Wildman–Crippen LogP) is 2.11. The maximum atomic E-state index is 9.78. The molecule has 0 spiro atoms. The number of hydrogen-bond donors (Lipinski definition) is 1. The molecule has 2 nitrogen and oxygen atoms in total. The minimum Gasteiger partial charge on any atom is -0.313 e. The highest BCUT2D eigenvalue weighted by Gasteiger charge is 2.24. The third-order valence-corrected chi connectivity index (χ3v) is 2.65. The van der Waals surface area contributed by atoms with E-state index >= 15 is 0 Å². The topological polar surface area (TPSA) is 23.5 Å². The summed E-state index contributed by atoms with van der Waals surface area (Å²) < 4.78 is 0. The molecule has 2 heteroatoms. The minimum absolute atomic E-state index is 0.262. The lowest BCUT2D eigenvalue weighted by atomic mass is 10.2. The normalized spacial score (nSPS) is 33.8. The summed E-state index contributed by atoms with van der Waals surface area (Å²) in [5, 5.41) is 11.3. The van der Waals surface area contributed by atoms with E-state index in [0.717, 1.165) is 25.7 Å². The maximum Gasteiger partial charge on any atom is 0.0539 e. The van der Waals surface area contributed by atoms with Gasteiger partial charge in [-0.25, -0.2) is 0 Å². The van der Waals surface area contributed by atoms with Gasteiger partial charge >= 0.3 is 0 Å². The average Bonchev–Trinajstić information content (AvgIpc) is 2.77. The van der Waals surface area contributed by atoms with Crippen LogP contribution in [0.25, 0.3) is 0 Å². The molecule has 2 aliphatic rings. The molecule has 66 valence electrons. The first kappa shape index (κ1) is 8.02. The first-order valence-corrected chi connectivity index (χ1v) is 4.68. The molecule has 2 rings (SSSR count). The molecular weight excluding hydrogens is 150 g/mol. The van der Waals surface area contributed by atoms with Crippen LogP contribution in [0.5, 0.6) is 0 Å². The Bertz CT molecular complexity index is 188. The van der Waals surface area contributed by atoms with E-state index in [1.54, 1.807) is 0 Å². The van der Waals surface area contributed by atoms with Crippen LogP contribution < -0.4 is 0 Å². The minimum atomic E-state index is 0.262. The number of hydroxylamine groups is 2. The highest BCUT2D eigenvalue weighted by molar-refractivity contribution is 5.06. The average molecular weight is 165 g/mol. The summed E-state index contributed by atoms with van der Waals surface area (Å²) >= 11 is 0. The van der Waals surface area contributed by atoms with E-state index in [0.29, 0.717) is 0 Å². The smallest absolute Gasteiger partial charge is 0.0539 e. The fourth-order valence-electron chi connectivity index (χ4n) is 1.92. The van der Waals surface area contributed by atoms with Crippen LogP contribution in [-0.4, -0.2) is 22.4 Å². The van der Waals surface area contributed by atoms with Gasteiger partial charge in [0.05, 0.1) is 12.1 Å². The van der Waals surface area contributed by atoms with Gasteiger partial charge in [0, 0.05) is 0 Å². The molecule has 0 aromatic rings. The van der Waals surface area contributed by atoms with Gasteiger partial charge in [0.1, 0.15) is 0 Å². The standard InChI is InChI=1S/C10H15NO/c12-11(9-5-1-2-6-9)10-7-3-4-8-10/h1,3,5,7,9-10,12H,2,4,6,8H2. The summed E-state index contributed by atoms with van der Waals surface area (Å²) in [6, 6.07) is 0.524. The van der Waals surface area contributed by atoms with E-state index in [2.05, 4.69) is 24.3 Å². The molecule has 0 radical (unpaired) electrons. The summed E-state index contributed by atoms with van der Waals surface area (Å²) in [7, 11) is 0. The molecule has 12 heavy (non-hydrogen) atoms. The Morgan fingerprint density at radius 3 is 1.83 bits per heavy atom. The van der Waals surface area contributed by atoms with Crippen LogP contribution in [0, 0.1) is 0 Å². The van der Waals surface area contributed by atoms with Gasteiger partial charge in [0.2, 0.25) is 0 Å². The van der Waals surface area contributed by atoms with Crippen molar-refractivity contribution in [2.75, 3.05) is 0 Å². The van der Waals surface area contributed by atoms with Crippen molar-refractivity contribution in [1.82, 2.24) is 5.06 Å². The molecule has 0 aromatic carbocycles. The van der Waals surface area contributed by atoms with Gasteiger partial charge in [0.25, 0.3) is 0 Å². The number of nitrogens with zero attached hydrogens (tertiary/aromatic N) is 1. The Balaban J connectivity index is 1.94. The van der Waals surface area contributed by atoms with Crippen molar-refractivity contribution in [3.05, 3.63) is 24.3 Å². The largest absolute Gasteiger partial charge is 0.313 e. The summed E-state index contributed by atoms with van der Waals surface area (Å²) in [6.45, 7) is 0. The Hall–Kier alpha value is -0.600. The molecule has 2 atom stereocenters. The summed E-state index contributed by atoms with van der Waals surface area (Å²) in [4.78, 5) is 0. The summed E-state index contributed by atoms with van der Waals surface area (Å²) in [5.41, 5.74) is 0. The molecule has 2 unspecified atom stereocenters. The molecule has 0 aliphatic heterocycles. The molecule has 2 aliphatic carbocycles. The van der Waals surface area contributed by atoms with Crippen LogP contribution in [0.3, 0.4) is 0 Å². The molecule has 0 amide bonds. The highest BCUT2D eigenvalue weighted by Crippen LogP contribution is 2.22. The lowest BCUT2D eigenvalue weighted by Gasteiger charge is -2.25. The van der Waals surface area contributed by atoms with Crippen molar-refractivity contribution in [2.45, 2.75) is 37.8 Å². The lowest BCUT2D eigenvalue weighted by Crippen LogP contribution is -2.36. The van der Waals surface area contributed by atoms with Gasteiger partial charge in [-0.15, -0.1) is 0 Å². The maximum absolute atomic E-state index is 9.78. The Labute approximate surface area is 73.1 Å². The SMILES string of the molecule is ON(C1C=CCC1)C1C=CCC1.